The molecule has 22 heavy (non-hydrogen) atoms. The lowest BCUT2D eigenvalue weighted by molar-refractivity contribution is 0.390. The molecule has 0 bridgehead atoms. The van der Waals surface area contributed by atoms with E-state index in [4.69, 9.17) is 0 Å². The zero-order valence-corrected chi connectivity index (χ0v) is 12.6. The first-order valence-corrected chi connectivity index (χ1v) is 8.44. The van der Waals surface area contributed by atoms with Gasteiger partial charge in [-0.3, -0.25) is 0 Å². The average Bonchev–Trinajstić information content (AvgIpc) is 3.29. The molecule has 1 saturated carbocycles. The van der Waals surface area contributed by atoms with Gasteiger partial charge in [0.2, 0.25) is 10.0 Å². The van der Waals surface area contributed by atoms with Crippen molar-refractivity contribution in [3.63, 3.8) is 0 Å². The van der Waals surface area contributed by atoms with E-state index in [9.17, 15) is 17.2 Å². The molecular formula is C16H15F2NO2S. The summed E-state index contributed by atoms with van der Waals surface area (Å²) in [5.74, 6) is -2.11. The van der Waals surface area contributed by atoms with Crippen LogP contribution in [-0.2, 0) is 16.6 Å². The molecule has 0 saturated heterocycles. The summed E-state index contributed by atoms with van der Waals surface area (Å²) in [7, 11) is -4.21. The summed E-state index contributed by atoms with van der Waals surface area (Å²) in [4.78, 5) is -0.863. The molecule has 1 fully saturated rings. The molecule has 0 heterocycles. The molecule has 3 rings (SSSR count). The van der Waals surface area contributed by atoms with Crippen LogP contribution in [0.15, 0.2) is 53.4 Å². The summed E-state index contributed by atoms with van der Waals surface area (Å²) < 4.78 is 54.4. The Morgan fingerprint density at radius 1 is 0.955 bits per heavy atom. The van der Waals surface area contributed by atoms with Crippen LogP contribution >= 0.6 is 0 Å². The minimum Gasteiger partial charge on any atom is -0.207 e. The first-order valence-electron chi connectivity index (χ1n) is 7.00. The molecule has 6 heteroatoms. The maximum atomic E-state index is 13.9. The van der Waals surface area contributed by atoms with Gasteiger partial charge in [0.25, 0.3) is 0 Å². The second kappa shape index (κ2) is 5.78. The van der Waals surface area contributed by atoms with E-state index in [1.165, 1.54) is 4.31 Å². The van der Waals surface area contributed by atoms with E-state index < -0.39 is 26.6 Å². The van der Waals surface area contributed by atoms with Gasteiger partial charge in [-0.25, -0.2) is 17.2 Å². The highest BCUT2D eigenvalue weighted by Crippen LogP contribution is 2.34. The fraction of sp³-hybridized carbons (Fsp3) is 0.250. The zero-order chi connectivity index (χ0) is 15.7. The number of rotatable bonds is 5. The highest BCUT2D eigenvalue weighted by molar-refractivity contribution is 7.89. The van der Waals surface area contributed by atoms with Gasteiger partial charge in [0.1, 0.15) is 11.6 Å². The Morgan fingerprint density at radius 2 is 1.55 bits per heavy atom. The SMILES string of the molecule is O=S(=O)(c1c(F)cccc1F)N(Cc1ccccc1)C1CC1. The van der Waals surface area contributed by atoms with Crippen molar-refractivity contribution >= 4 is 10.0 Å². The predicted octanol–water partition coefficient (Wildman–Crippen LogP) is 3.32. The van der Waals surface area contributed by atoms with Gasteiger partial charge in [0, 0.05) is 12.6 Å². The fourth-order valence-corrected chi connectivity index (χ4v) is 4.17. The van der Waals surface area contributed by atoms with Crippen molar-refractivity contribution in [2.24, 2.45) is 0 Å². The van der Waals surface area contributed by atoms with Crippen molar-refractivity contribution in [1.29, 1.82) is 0 Å². The Bertz CT molecular complexity index is 754. The maximum Gasteiger partial charge on any atom is 0.249 e. The van der Waals surface area contributed by atoms with Crippen LogP contribution in [-0.4, -0.2) is 18.8 Å². The highest BCUT2D eigenvalue weighted by Gasteiger charge is 2.40. The van der Waals surface area contributed by atoms with Gasteiger partial charge < -0.3 is 0 Å². The van der Waals surface area contributed by atoms with E-state index >= 15 is 0 Å². The molecule has 0 aliphatic heterocycles. The molecular weight excluding hydrogens is 308 g/mol. The van der Waals surface area contributed by atoms with Gasteiger partial charge in [0.05, 0.1) is 0 Å². The molecule has 0 radical (unpaired) electrons. The molecule has 2 aromatic rings. The molecule has 1 aliphatic rings. The van der Waals surface area contributed by atoms with Crippen molar-refractivity contribution in [2.45, 2.75) is 30.3 Å². The topological polar surface area (TPSA) is 37.4 Å². The van der Waals surface area contributed by atoms with E-state index in [0.29, 0.717) is 12.8 Å². The third-order valence-electron chi connectivity index (χ3n) is 3.62. The molecule has 3 nitrogen and oxygen atoms in total. The summed E-state index contributed by atoms with van der Waals surface area (Å²) in [5.41, 5.74) is 0.787. The molecule has 0 aromatic heterocycles. The van der Waals surface area contributed by atoms with Crippen LogP contribution in [0.1, 0.15) is 18.4 Å². The van der Waals surface area contributed by atoms with E-state index in [1.54, 1.807) is 24.3 Å². The smallest absolute Gasteiger partial charge is 0.207 e. The van der Waals surface area contributed by atoms with Crippen LogP contribution in [0, 0.1) is 11.6 Å². The van der Waals surface area contributed by atoms with Crippen LogP contribution in [0.2, 0.25) is 0 Å². The first kappa shape index (κ1) is 15.1. The van der Waals surface area contributed by atoms with Crippen LogP contribution in [0.5, 0.6) is 0 Å². The third kappa shape index (κ3) is 2.89. The second-order valence-corrected chi connectivity index (χ2v) is 7.15. The summed E-state index contributed by atoms with van der Waals surface area (Å²) in [6, 6.07) is 11.9. The Hall–Kier alpha value is -1.79. The summed E-state index contributed by atoms with van der Waals surface area (Å²) in [5, 5.41) is 0. The molecule has 1 aliphatic carbocycles. The van der Waals surface area contributed by atoms with Crippen LogP contribution < -0.4 is 0 Å². The van der Waals surface area contributed by atoms with Gasteiger partial charge in [0.15, 0.2) is 4.90 Å². The van der Waals surface area contributed by atoms with Crippen LogP contribution in [0.4, 0.5) is 8.78 Å². The largest absolute Gasteiger partial charge is 0.249 e. The van der Waals surface area contributed by atoms with Crippen LogP contribution in [0.3, 0.4) is 0 Å². The van der Waals surface area contributed by atoms with E-state index in [-0.39, 0.29) is 12.6 Å². The molecule has 0 N–H and O–H groups in total. The Morgan fingerprint density at radius 3 is 2.09 bits per heavy atom. The maximum absolute atomic E-state index is 13.9. The number of nitrogens with zero attached hydrogens (tertiary/aromatic N) is 1. The normalized spacial score (nSPS) is 15.2. The van der Waals surface area contributed by atoms with E-state index in [1.807, 2.05) is 6.07 Å². The lowest BCUT2D eigenvalue weighted by Gasteiger charge is -2.22. The molecule has 0 unspecified atom stereocenters. The summed E-state index contributed by atoms with van der Waals surface area (Å²) >= 11 is 0. The monoisotopic (exact) mass is 323 g/mol. The minimum atomic E-state index is -4.21. The number of sulfonamides is 1. The van der Waals surface area contributed by atoms with Crippen molar-refractivity contribution in [3.05, 3.63) is 65.7 Å². The summed E-state index contributed by atoms with van der Waals surface area (Å²) in [6.07, 6.45) is 1.42. The van der Waals surface area contributed by atoms with E-state index in [0.717, 1.165) is 23.8 Å². The lowest BCUT2D eigenvalue weighted by Crippen LogP contribution is -2.33. The van der Waals surface area contributed by atoms with E-state index in [2.05, 4.69) is 0 Å². The molecule has 0 atom stereocenters. The van der Waals surface area contributed by atoms with Crippen molar-refractivity contribution in [2.75, 3.05) is 0 Å². The van der Waals surface area contributed by atoms with Crippen LogP contribution in [0.25, 0.3) is 0 Å². The highest BCUT2D eigenvalue weighted by atomic mass is 32.2. The lowest BCUT2D eigenvalue weighted by atomic mass is 10.2. The molecule has 0 spiro atoms. The van der Waals surface area contributed by atoms with Gasteiger partial charge >= 0.3 is 0 Å². The Balaban J connectivity index is 2.01. The second-order valence-electron chi connectivity index (χ2n) is 5.32. The molecule has 2 aromatic carbocycles. The minimum absolute atomic E-state index is 0.113. The third-order valence-corrected chi connectivity index (χ3v) is 5.57. The van der Waals surface area contributed by atoms with Gasteiger partial charge in [-0.15, -0.1) is 0 Å². The van der Waals surface area contributed by atoms with Crippen molar-refractivity contribution < 1.29 is 17.2 Å². The van der Waals surface area contributed by atoms with Gasteiger partial charge in [-0.1, -0.05) is 36.4 Å². The number of halogens is 2. The Labute approximate surface area is 128 Å². The Kier molecular flexibility index (Phi) is 3.97. The average molecular weight is 323 g/mol. The number of hydrogen-bond acceptors (Lipinski definition) is 2. The summed E-state index contributed by atoms with van der Waals surface area (Å²) in [6.45, 7) is 0.113. The van der Waals surface area contributed by atoms with Crippen molar-refractivity contribution in [1.82, 2.24) is 4.31 Å². The number of benzene rings is 2. The standard InChI is InChI=1S/C16H15F2NO2S/c17-14-7-4-8-15(18)16(14)22(20,21)19(13-9-10-13)11-12-5-2-1-3-6-12/h1-8,13H,9-11H2. The molecule has 0 amide bonds. The predicted molar refractivity (Wildman–Crippen MR) is 78.6 cm³/mol. The quantitative estimate of drug-likeness (QED) is 0.846. The number of hydrogen-bond donors (Lipinski definition) is 0. The van der Waals surface area contributed by atoms with Crippen molar-refractivity contribution in [3.8, 4) is 0 Å². The van der Waals surface area contributed by atoms with Gasteiger partial charge in [-0.05, 0) is 30.5 Å². The first-order chi connectivity index (χ1) is 10.5. The molecule has 116 valence electrons. The van der Waals surface area contributed by atoms with Gasteiger partial charge in [-0.2, -0.15) is 4.31 Å². The fourth-order valence-electron chi connectivity index (χ4n) is 2.38. The zero-order valence-electron chi connectivity index (χ0n) is 11.7.